The minimum Gasteiger partial charge on any atom is -0.408 e. The van der Waals surface area contributed by atoms with Gasteiger partial charge in [-0.15, -0.1) is 0 Å². The second-order valence-electron chi connectivity index (χ2n) is 6.73. The van der Waals surface area contributed by atoms with E-state index in [4.69, 9.17) is 4.42 Å². The number of pyridine rings is 1. The summed E-state index contributed by atoms with van der Waals surface area (Å²) in [6.07, 6.45) is 2.03. The predicted molar refractivity (Wildman–Crippen MR) is 107 cm³/mol. The topological polar surface area (TPSA) is 77.1 Å². The molecule has 146 valence electrons. The van der Waals surface area contributed by atoms with E-state index in [9.17, 15) is 14.0 Å². The average molecular weight is 391 g/mol. The van der Waals surface area contributed by atoms with Crippen LogP contribution in [0.25, 0.3) is 11.1 Å². The number of hydrogen-bond acceptors (Lipinski definition) is 4. The van der Waals surface area contributed by atoms with Crippen LogP contribution in [0, 0.1) is 5.82 Å². The van der Waals surface area contributed by atoms with Gasteiger partial charge in [-0.1, -0.05) is 18.2 Å². The van der Waals surface area contributed by atoms with Gasteiger partial charge in [-0.05, 0) is 48.0 Å². The van der Waals surface area contributed by atoms with Gasteiger partial charge in [-0.2, -0.15) is 0 Å². The molecule has 0 fully saturated rings. The molecule has 1 atom stereocenters. The van der Waals surface area contributed by atoms with E-state index in [0.717, 1.165) is 5.69 Å². The zero-order valence-corrected chi connectivity index (χ0v) is 15.6. The van der Waals surface area contributed by atoms with Crippen molar-refractivity contribution in [3.05, 3.63) is 94.5 Å². The van der Waals surface area contributed by atoms with Crippen LogP contribution in [0.5, 0.6) is 0 Å². The molecule has 1 amide bonds. The molecule has 0 aliphatic heterocycles. The lowest BCUT2D eigenvalue weighted by Gasteiger charge is -2.17. The van der Waals surface area contributed by atoms with Crippen LogP contribution in [0.1, 0.15) is 17.2 Å². The number of carbonyl (C=O) groups excluding carboxylic acids is 1. The summed E-state index contributed by atoms with van der Waals surface area (Å²) >= 11 is 0. The summed E-state index contributed by atoms with van der Waals surface area (Å²) in [5.41, 5.74) is 3.00. The van der Waals surface area contributed by atoms with Crippen molar-refractivity contribution < 1.29 is 13.6 Å². The molecule has 6 nitrogen and oxygen atoms in total. The maximum absolute atomic E-state index is 13.4. The summed E-state index contributed by atoms with van der Waals surface area (Å²) < 4.78 is 19.9. The highest BCUT2D eigenvalue weighted by atomic mass is 19.1. The Labute approximate surface area is 165 Å². The van der Waals surface area contributed by atoms with Gasteiger partial charge in [-0.3, -0.25) is 14.3 Å². The van der Waals surface area contributed by atoms with Crippen molar-refractivity contribution in [2.45, 2.75) is 12.3 Å². The molecule has 0 radical (unpaired) electrons. The molecular weight excluding hydrogens is 373 g/mol. The van der Waals surface area contributed by atoms with Crippen molar-refractivity contribution in [3.63, 3.8) is 0 Å². The number of halogens is 1. The fourth-order valence-corrected chi connectivity index (χ4v) is 3.22. The fourth-order valence-electron chi connectivity index (χ4n) is 3.22. The molecule has 4 rings (SSSR count). The largest absolute Gasteiger partial charge is 0.419 e. The predicted octanol–water partition coefficient (Wildman–Crippen LogP) is 3.63. The minimum absolute atomic E-state index is 0.255. The SMILES string of the molecule is Cn1c(=O)oc2ccc(NC(=O)C(Cc3ccccn3)c3ccc(F)cc3)cc21. The van der Waals surface area contributed by atoms with Crippen molar-refractivity contribution in [1.82, 2.24) is 9.55 Å². The maximum atomic E-state index is 13.4. The Balaban J connectivity index is 1.64. The van der Waals surface area contributed by atoms with E-state index >= 15 is 0 Å². The van der Waals surface area contributed by atoms with Crippen LogP contribution >= 0.6 is 0 Å². The van der Waals surface area contributed by atoms with Crippen molar-refractivity contribution in [2.24, 2.45) is 7.05 Å². The quantitative estimate of drug-likeness (QED) is 0.564. The highest BCUT2D eigenvalue weighted by Crippen LogP contribution is 2.24. The van der Waals surface area contributed by atoms with Gasteiger partial charge in [0, 0.05) is 31.0 Å². The Kier molecular flexibility index (Phi) is 4.95. The Bertz CT molecular complexity index is 1210. The van der Waals surface area contributed by atoms with E-state index in [1.54, 1.807) is 49.6 Å². The van der Waals surface area contributed by atoms with Gasteiger partial charge in [0.15, 0.2) is 5.58 Å². The Morgan fingerprint density at radius 1 is 1.17 bits per heavy atom. The first-order chi connectivity index (χ1) is 14.0. The zero-order valence-electron chi connectivity index (χ0n) is 15.6. The molecule has 0 saturated carbocycles. The number of nitrogens with zero attached hydrogens (tertiary/aromatic N) is 2. The molecule has 4 aromatic rings. The number of rotatable bonds is 5. The van der Waals surface area contributed by atoms with Crippen molar-refractivity contribution >= 4 is 22.7 Å². The molecule has 2 aromatic heterocycles. The Morgan fingerprint density at radius 2 is 1.97 bits per heavy atom. The Morgan fingerprint density at radius 3 is 2.69 bits per heavy atom. The number of benzene rings is 2. The third kappa shape index (κ3) is 3.94. The number of oxazole rings is 1. The molecule has 2 heterocycles. The number of aryl methyl sites for hydroxylation is 1. The third-order valence-electron chi connectivity index (χ3n) is 4.79. The van der Waals surface area contributed by atoms with Crippen molar-refractivity contribution in [1.29, 1.82) is 0 Å². The van der Waals surface area contributed by atoms with E-state index in [-0.39, 0.29) is 11.7 Å². The zero-order chi connectivity index (χ0) is 20.4. The molecule has 29 heavy (non-hydrogen) atoms. The molecule has 0 spiro atoms. The second-order valence-corrected chi connectivity index (χ2v) is 6.73. The van der Waals surface area contributed by atoms with Crippen LogP contribution < -0.4 is 11.1 Å². The lowest BCUT2D eigenvalue weighted by atomic mass is 9.93. The minimum atomic E-state index is -0.561. The number of nitrogens with one attached hydrogen (secondary N) is 1. The maximum Gasteiger partial charge on any atom is 0.419 e. The second kappa shape index (κ2) is 7.71. The van der Waals surface area contributed by atoms with Gasteiger partial charge in [0.1, 0.15) is 5.82 Å². The molecule has 7 heteroatoms. The normalized spacial score (nSPS) is 12.1. The molecule has 0 bridgehead atoms. The van der Waals surface area contributed by atoms with E-state index in [0.29, 0.717) is 28.8 Å². The first-order valence-electron chi connectivity index (χ1n) is 9.07. The molecule has 1 N–H and O–H groups in total. The molecule has 1 unspecified atom stereocenters. The first kappa shape index (κ1) is 18.6. The summed E-state index contributed by atoms with van der Waals surface area (Å²) in [6, 6.07) is 16.4. The van der Waals surface area contributed by atoms with E-state index in [2.05, 4.69) is 10.3 Å². The van der Waals surface area contributed by atoms with Gasteiger partial charge >= 0.3 is 5.76 Å². The highest BCUT2D eigenvalue weighted by Gasteiger charge is 2.22. The number of hydrogen-bond donors (Lipinski definition) is 1. The summed E-state index contributed by atoms with van der Waals surface area (Å²) in [4.78, 5) is 29.1. The summed E-state index contributed by atoms with van der Waals surface area (Å²) in [5.74, 6) is -1.65. The van der Waals surface area contributed by atoms with Gasteiger partial charge in [0.25, 0.3) is 0 Å². The van der Waals surface area contributed by atoms with Crippen molar-refractivity contribution in [3.8, 4) is 0 Å². The fraction of sp³-hybridized carbons (Fsp3) is 0.136. The third-order valence-corrected chi connectivity index (χ3v) is 4.79. The van der Waals surface area contributed by atoms with E-state index < -0.39 is 11.7 Å². The van der Waals surface area contributed by atoms with Crippen LogP contribution in [0.3, 0.4) is 0 Å². The average Bonchev–Trinajstić information content (AvgIpc) is 3.01. The highest BCUT2D eigenvalue weighted by molar-refractivity contribution is 5.97. The number of fused-ring (bicyclic) bond motifs is 1. The summed E-state index contributed by atoms with van der Waals surface area (Å²) in [7, 11) is 1.60. The van der Waals surface area contributed by atoms with Gasteiger partial charge < -0.3 is 9.73 Å². The lowest BCUT2D eigenvalue weighted by molar-refractivity contribution is -0.117. The van der Waals surface area contributed by atoms with E-state index in [1.807, 2.05) is 12.1 Å². The molecule has 2 aromatic carbocycles. The van der Waals surface area contributed by atoms with Gasteiger partial charge in [0.2, 0.25) is 5.91 Å². The smallest absolute Gasteiger partial charge is 0.408 e. The lowest BCUT2D eigenvalue weighted by Crippen LogP contribution is -2.23. The van der Waals surface area contributed by atoms with Crippen LogP contribution in [0.2, 0.25) is 0 Å². The van der Waals surface area contributed by atoms with Crippen LogP contribution in [-0.4, -0.2) is 15.5 Å². The first-order valence-corrected chi connectivity index (χ1v) is 9.07. The van der Waals surface area contributed by atoms with Gasteiger partial charge in [0.05, 0.1) is 11.4 Å². The number of aromatic nitrogens is 2. The monoisotopic (exact) mass is 391 g/mol. The van der Waals surface area contributed by atoms with E-state index in [1.165, 1.54) is 16.7 Å². The van der Waals surface area contributed by atoms with Crippen LogP contribution in [-0.2, 0) is 18.3 Å². The Hall–Kier alpha value is -3.74. The van der Waals surface area contributed by atoms with Crippen LogP contribution in [0.4, 0.5) is 10.1 Å². The molecule has 0 aliphatic rings. The number of amides is 1. The standard InChI is InChI=1S/C22H18FN3O3/c1-26-19-13-17(9-10-20(19)29-22(26)28)25-21(27)18(12-16-4-2-3-11-24-16)14-5-7-15(23)8-6-14/h2-11,13,18H,12H2,1H3,(H,25,27). The molecular formula is C22H18FN3O3. The van der Waals surface area contributed by atoms with Crippen molar-refractivity contribution in [2.75, 3.05) is 5.32 Å². The summed E-state index contributed by atoms with van der Waals surface area (Å²) in [5, 5.41) is 2.89. The molecule has 0 aliphatic carbocycles. The van der Waals surface area contributed by atoms with Gasteiger partial charge in [-0.25, -0.2) is 9.18 Å². The number of carbonyl (C=O) groups is 1. The summed E-state index contributed by atoms with van der Waals surface area (Å²) in [6.45, 7) is 0. The molecule has 0 saturated heterocycles. The van der Waals surface area contributed by atoms with Crippen LogP contribution in [0.15, 0.2) is 76.1 Å². The number of anilines is 1.